The van der Waals surface area contributed by atoms with Crippen LogP contribution < -0.4 is 15.4 Å². The highest BCUT2D eigenvalue weighted by atomic mass is 16.6. The first-order valence-electron chi connectivity index (χ1n) is 5.00. The van der Waals surface area contributed by atoms with Crippen LogP contribution in [0.2, 0.25) is 0 Å². The van der Waals surface area contributed by atoms with Crippen molar-refractivity contribution in [2.24, 2.45) is 0 Å². The van der Waals surface area contributed by atoms with Gasteiger partial charge in [-0.2, -0.15) is 0 Å². The fourth-order valence-corrected chi connectivity index (χ4v) is 1.52. The molecule has 2 rings (SSSR count). The van der Waals surface area contributed by atoms with E-state index in [9.17, 15) is 10.1 Å². The summed E-state index contributed by atoms with van der Waals surface area (Å²) in [6, 6.07) is 5.08. The molecule has 0 bridgehead atoms. The Bertz CT molecular complexity index is 404. The van der Waals surface area contributed by atoms with Crippen LogP contribution in [0.4, 0.5) is 11.4 Å². The standard InChI is InChI=1S/C10H13N3O3/c1-16-8-2-3-9(10(4-8)13(14)15)12-7-5-11-6-7/h2-4,7,11-12H,5-6H2,1H3. The Morgan fingerprint density at radius 1 is 1.56 bits per heavy atom. The normalized spacial score (nSPS) is 15.3. The molecule has 1 aromatic rings. The topological polar surface area (TPSA) is 76.4 Å². The number of benzene rings is 1. The number of nitrogens with one attached hydrogen (secondary N) is 2. The summed E-state index contributed by atoms with van der Waals surface area (Å²) in [6.45, 7) is 1.67. The lowest BCUT2D eigenvalue weighted by atomic mass is 10.1. The summed E-state index contributed by atoms with van der Waals surface area (Å²) in [5.74, 6) is 0.490. The smallest absolute Gasteiger partial charge is 0.296 e. The third-order valence-electron chi connectivity index (χ3n) is 2.54. The molecule has 2 N–H and O–H groups in total. The second kappa shape index (κ2) is 4.36. The van der Waals surface area contributed by atoms with Crippen molar-refractivity contribution in [1.82, 2.24) is 5.32 Å². The predicted octanol–water partition coefficient (Wildman–Crippen LogP) is 0.987. The Kier molecular flexibility index (Phi) is 2.91. The first kappa shape index (κ1) is 10.7. The lowest BCUT2D eigenvalue weighted by Gasteiger charge is -2.28. The summed E-state index contributed by atoms with van der Waals surface area (Å²) < 4.78 is 4.96. The van der Waals surface area contributed by atoms with Gasteiger partial charge in [0, 0.05) is 13.1 Å². The SMILES string of the molecule is COc1ccc(NC2CNC2)c([N+](=O)[O-])c1. The van der Waals surface area contributed by atoms with Crippen molar-refractivity contribution in [1.29, 1.82) is 0 Å². The number of methoxy groups -OCH3 is 1. The minimum atomic E-state index is -0.406. The molecule has 0 spiro atoms. The molecular weight excluding hydrogens is 210 g/mol. The van der Waals surface area contributed by atoms with Crippen LogP contribution >= 0.6 is 0 Å². The highest BCUT2D eigenvalue weighted by Gasteiger charge is 2.21. The van der Waals surface area contributed by atoms with E-state index < -0.39 is 4.92 Å². The third kappa shape index (κ3) is 2.06. The highest BCUT2D eigenvalue weighted by molar-refractivity contribution is 5.64. The van der Waals surface area contributed by atoms with Gasteiger partial charge >= 0.3 is 0 Å². The van der Waals surface area contributed by atoms with Gasteiger partial charge in [-0.1, -0.05) is 0 Å². The van der Waals surface area contributed by atoms with Crippen molar-refractivity contribution in [2.75, 3.05) is 25.5 Å². The van der Waals surface area contributed by atoms with Crippen molar-refractivity contribution in [3.05, 3.63) is 28.3 Å². The molecule has 1 aliphatic rings. The largest absolute Gasteiger partial charge is 0.496 e. The van der Waals surface area contributed by atoms with E-state index in [2.05, 4.69) is 10.6 Å². The van der Waals surface area contributed by atoms with Crippen LogP contribution in [0.1, 0.15) is 0 Å². The number of nitro groups is 1. The zero-order valence-electron chi connectivity index (χ0n) is 8.90. The van der Waals surface area contributed by atoms with E-state index >= 15 is 0 Å². The molecule has 0 radical (unpaired) electrons. The van der Waals surface area contributed by atoms with Gasteiger partial charge in [-0.05, 0) is 12.1 Å². The molecule has 86 valence electrons. The first-order chi connectivity index (χ1) is 7.70. The quantitative estimate of drug-likeness (QED) is 0.588. The zero-order chi connectivity index (χ0) is 11.5. The van der Waals surface area contributed by atoms with E-state index in [-0.39, 0.29) is 11.7 Å². The van der Waals surface area contributed by atoms with Crippen molar-refractivity contribution in [2.45, 2.75) is 6.04 Å². The van der Waals surface area contributed by atoms with Crippen LogP contribution in [0.15, 0.2) is 18.2 Å². The van der Waals surface area contributed by atoms with Gasteiger partial charge in [-0.3, -0.25) is 10.1 Å². The van der Waals surface area contributed by atoms with Gasteiger partial charge in [0.05, 0.1) is 24.1 Å². The molecule has 1 aliphatic heterocycles. The molecule has 0 aromatic heterocycles. The van der Waals surface area contributed by atoms with Crippen LogP contribution in [-0.4, -0.2) is 31.2 Å². The maximum absolute atomic E-state index is 10.9. The number of rotatable bonds is 4. The lowest BCUT2D eigenvalue weighted by molar-refractivity contribution is -0.384. The molecule has 0 atom stereocenters. The molecule has 0 unspecified atom stereocenters. The van der Waals surface area contributed by atoms with E-state index in [1.54, 1.807) is 12.1 Å². The monoisotopic (exact) mass is 223 g/mol. The third-order valence-corrected chi connectivity index (χ3v) is 2.54. The van der Waals surface area contributed by atoms with Crippen LogP contribution in [0, 0.1) is 10.1 Å². The fourth-order valence-electron chi connectivity index (χ4n) is 1.52. The van der Waals surface area contributed by atoms with Crippen LogP contribution in [0.5, 0.6) is 5.75 Å². The Hall–Kier alpha value is -1.82. The zero-order valence-corrected chi connectivity index (χ0v) is 8.90. The first-order valence-corrected chi connectivity index (χ1v) is 5.00. The maximum atomic E-state index is 10.9. The second-order valence-corrected chi connectivity index (χ2v) is 3.64. The fraction of sp³-hybridized carbons (Fsp3) is 0.400. The highest BCUT2D eigenvalue weighted by Crippen LogP contribution is 2.29. The van der Waals surface area contributed by atoms with E-state index in [1.807, 2.05) is 0 Å². The summed E-state index contributed by atoms with van der Waals surface area (Å²) in [5.41, 5.74) is 0.587. The van der Waals surface area contributed by atoms with Crippen LogP contribution in [-0.2, 0) is 0 Å². The van der Waals surface area contributed by atoms with Gasteiger partial charge in [-0.15, -0.1) is 0 Å². The Morgan fingerprint density at radius 3 is 2.81 bits per heavy atom. The molecule has 1 saturated heterocycles. The molecule has 16 heavy (non-hydrogen) atoms. The minimum absolute atomic E-state index is 0.0475. The van der Waals surface area contributed by atoms with Gasteiger partial charge in [0.25, 0.3) is 5.69 Å². The molecule has 6 heteroatoms. The molecular formula is C10H13N3O3. The average molecular weight is 223 g/mol. The van der Waals surface area contributed by atoms with Gasteiger partial charge < -0.3 is 15.4 Å². The summed E-state index contributed by atoms with van der Waals surface area (Å²) in [4.78, 5) is 10.5. The van der Waals surface area contributed by atoms with E-state index in [1.165, 1.54) is 13.2 Å². The summed E-state index contributed by atoms with van der Waals surface area (Å²) >= 11 is 0. The van der Waals surface area contributed by atoms with Gasteiger partial charge in [0.1, 0.15) is 11.4 Å². The number of hydrogen-bond acceptors (Lipinski definition) is 5. The average Bonchev–Trinajstić information content (AvgIpc) is 2.23. The van der Waals surface area contributed by atoms with E-state index in [0.29, 0.717) is 11.4 Å². The van der Waals surface area contributed by atoms with Crippen molar-refractivity contribution in [3.8, 4) is 5.75 Å². The molecule has 0 aliphatic carbocycles. The number of anilines is 1. The second-order valence-electron chi connectivity index (χ2n) is 3.64. The Balaban J connectivity index is 2.24. The number of hydrogen-bond donors (Lipinski definition) is 2. The van der Waals surface area contributed by atoms with Gasteiger partial charge in [0.15, 0.2) is 0 Å². The van der Waals surface area contributed by atoms with Crippen molar-refractivity contribution in [3.63, 3.8) is 0 Å². The Morgan fingerprint density at radius 2 is 2.31 bits per heavy atom. The number of ether oxygens (including phenoxy) is 1. The number of nitrogens with zero attached hydrogens (tertiary/aromatic N) is 1. The molecule has 6 nitrogen and oxygen atoms in total. The Labute approximate surface area is 92.8 Å². The molecule has 0 amide bonds. The van der Waals surface area contributed by atoms with Gasteiger partial charge in [0.2, 0.25) is 0 Å². The maximum Gasteiger partial charge on any atom is 0.296 e. The molecule has 1 heterocycles. The van der Waals surface area contributed by atoms with Crippen LogP contribution in [0.3, 0.4) is 0 Å². The van der Waals surface area contributed by atoms with Crippen LogP contribution in [0.25, 0.3) is 0 Å². The van der Waals surface area contributed by atoms with Crippen molar-refractivity contribution >= 4 is 11.4 Å². The summed E-state index contributed by atoms with van der Waals surface area (Å²) in [7, 11) is 1.49. The number of nitro benzene ring substituents is 1. The lowest BCUT2D eigenvalue weighted by Crippen LogP contribution is -2.51. The molecule has 0 saturated carbocycles. The van der Waals surface area contributed by atoms with Crippen molar-refractivity contribution < 1.29 is 9.66 Å². The summed E-state index contributed by atoms with van der Waals surface area (Å²) in [5, 5.41) is 17.1. The van der Waals surface area contributed by atoms with Gasteiger partial charge in [-0.25, -0.2) is 0 Å². The minimum Gasteiger partial charge on any atom is -0.496 e. The predicted molar refractivity (Wildman–Crippen MR) is 59.9 cm³/mol. The molecule has 1 aromatic carbocycles. The van der Waals surface area contributed by atoms with E-state index in [4.69, 9.17) is 4.74 Å². The van der Waals surface area contributed by atoms with E-state index in [0.717, 1.165) is 13.1 Å². The summed E-state index contributed by atoms with van der Waals surface area (Å²) in [6.07, 6.45) is 0. The molecule has 1 fully saturated rings.